The lowest BCUT2D eigenvalue weighted by Crippen LogP contribution is -2.19. The first kappa shape index (κ1) is 12.2. The number of nitrogens with one attached hydrogen (secondary N) is 1. The summed E-state index contributed by atoms with van der Waals surface area (Å²) >= 11 is 4.59. The molecule has 2 aromatic heterocycles. The van der Waals surface area contributed by atoms with Gasteiger partial charge < -0.3 is 5.32 Å². The van der Waals surface area contributed by atoms with Crippen molar-refractivity contribution in [3.63, 3.8) is 0 Å². The number of nitrogens with zero attached hydrogens (tertiary/aromatic N) is 2. The van der Waals surface area contributed by atoms with Gasteiger partial charge in [-0.1, -0.05) is 22.0 Å². The van der Waals surface area contributed by atoms with Crippen LogP contribution in [0.1, 0.15) is 6.92 Å². The summed E-state index contributed by atoms with van der Waals surface area (Å²) in [5.41, 5.74) is 1.57. The zero-order chi connectivity index (χ0) is 12.3. The second kappa shape index (κ2) is 5.37. The molecule has 0 spiro atoms. The number of amides is 1. The molecular formula is C11H10BrN3OS. The SMILES string of the molecule is CC(Br)C(=O)Nc1nc(-c2ccccn2)cs1. The topological polar surface area (TPSA) is 54.9 Å². The molecule has 0 saturated heterocycles. The molecule has 0 aromatic carbocycles. The zero-order valence-electron chi connectivity index (χ0n) is 9.05. The van der Waals surface area contributed by atoms with Crippen LogP contribution in [-0.2, 0) is 4.79 Å². The molecular weight excluding hydrogens is 302 g/mol. The standard InChI is InChI=1S/C11H10BrN3OS/c1-7(12)10(16)15-11-14-9(6-17-11)8-4-2-3-5-13-8/h2-7H,1H3,(H,14,15,16). The van der Waals surface area contributed by atoms with Crippen molar-refractivity contribution in [3.05, 3.63) is 29.8 Å². The van der Waals surface area contributed by atoms with Gasteiger partial charge in [-0.05, 0) is 19.1 Å². The monoisotopic (exact) mass is 311 g/mol. The minimum Gasteiger partial charge on any atom is -0.301 e. The molecule has 2 aromatic rings. The van der Waals surface area contributed by atoms with Crippen LogP contribution in [-0.4, -0.2) is 20.7 Å². The first-order valence-electron chi connectivity index (χ1n) is 4.98. The molecule has 0 saturated carbocycles. The molecule has 0 aliphatic carbocycles. The van der Waals surface area contributed by atoms with Crippen LogP contribution in [0.4, 0.5) is 5.13 Å². The van der Waals surface area contributed by atoms with E-state index in [9.17, 15) is 4.79 Å². The van der Waals surface area contributed by atoms with E-state index in [0.717, 1.165) is 11.4 Å². The zero-order valence-corrected chi connectivity index (χ0v) is 11.5. The van der Waals surface area contributed by atoms with Crippen LogP contribution in [0, 0.1) is 0 Å². The summed E-state index contributed by atoms with van der Waals surface area (Å²) in [5, 5.41) is 5.18. The number of hydrogen-bond donors (Lipinski definition) is 1. The Kier molecular flexibility index (Phi) is 3.86. The van der Waals surface area contributed by atoms with E-state index in [1.54, 1.807) is 13.1 Å². The number of thiazole rings is 1. The van der Waals surface area contributed by atoms with Crippen LogP contribution in [0.15, 0.2) is 29.8 Å². The molecule has 1 amide bonds. The number of halogens is 1. The summed E-state index contributed by atoms with van der Waals surface area (Å²) in [6.07, 6.45) is 1.72. The van der Waals surface area contributed by atoms with E-state index in [0.29, 0.717) is 5.13 Å². The summed E-state index contributed by atoms with van der Waals surface area (Å²) in [5.74, 6) is -0.105. The Morgan fingerprint density at radius 1 is 1.47 bits per heavy atom. The highest BCUT2D eigenvalue weighted by Crippen LogP contribution is 2.23. The predicted molar refractivity (Wildman–Crippen MR) is 72.4 cm³/mol. The van der Waals surface area contributed by atoms with E-state index in [2.05, 4.69) is 31.2 Å². The number of rotatable bonds is 3. The van der Waals surface area contributed by atoms with Gasteiger partial charge in [-0.3, -0.25) is 9.78 Å². The number of aromatic nitrogens is 2. The number of hydrogen-bond acceptors (Lipinski definition) is 4. The van der Waals surface area contributed by atoms with E-state index in [1.807, 2.05) is 23.6 Å². The number of pyridine rings is 1. The minimum absolute atomic E-state index is 0.105. The molecule has 88 valence electrons. The van der Waals surface area contributed by atoms with Gasteiger partial charge in [0.05, 0.1) is 10.5 Å². The quantitative estimate of drug-likeness (QED) is 0.887. The number of alkyl halides is 1. The van der Waals surface area contributed by atoms with Crippen LogP contribution in [0.2, 0.25) is 0 Å². The Morgan fingerprint density at radius 3 is 2.94 bits per heavy atom. The molecule has 0 radical (unpaired) electrons. The fourth-order valence-corrected chi connectivity index (χ4v) is 1.99. The van der Waals surface area contributed by atoms with Crippen molar-refractivity contribution in [2.75, 3.05) is 5.32 Å². The van der Waals surface area contributed by atoms with E-state index >= 15 is 0 Å². The van der Waals surface area contributed by atoms with Crippen molar-refractivity contribution in [2.24, 2.45) is 0 Å². The van der Waals surface area contributed by atoms with Gasteiger partial charge >= 0.3 is 0 Å². The van der Waals surface area contributed by atoms with Crippen LogP contribution in [0.25, 0.3) is 11.4 Å². The largest absolute Gasteiger partial charge is 0.301 e. The smallest absolute Gasteiger partial charge is 0.239 e. The average molecular weight is 312 g/mol. The van der Waals surface area contributed by atoms with Crippen LogP contribution < -0.4 is 5.32 Å². The van der Waals surface area contributed by atoms with Gasteiger partial charge in [0.2, 0.25) is 5.91 Å². The van der Waals surface area contributed by atoms with Crippen molar-refractivity contribution in [2.45, 2.75) is 11.8 Å². The van der Waals surface area contributed by atoms with Gasteiger partial charge in [0, 0.05) is 11.6 Å². The molecule has 0 fully saturated rings. The molecule has 17 heavy (non-hydrogen) atoms. The minimum atomic E-state index is -0.232. The van der Waals surface area contributed by atoms with Crippen molar-refractivity contribution in [1.29, 1.82) is 0 Å². The van der Waals surface area contributed by atoms with Crippen molar-refractivity contribution in [3.8, 4) is 11.4 Å². The molecule has 2 heterocycles. The fourth-order valence-electron chi connectivity index (χ4n) is 1.17. The molecule has 0 aliphatic heterocycles. The van der Waals surface area contributed by atoms with E-state index < -0.39 is 0 Å². The summed E-state index contributed by atoms with van der Waals surface area (Å²) in [6, 6.07) is 5.64. The molecule has 4 nitrogen and oxygen atoms in total. The van der Waals surface area contributed by atoms with Gasteiger partial charge in [-0.2, -0.15) is 0 Å². The molecule has 1 atom stereocenters. The van der Waals surface area contributed by atoms with Crippen LogP contribution >= 0.6 is 27.3 Å². The van der Waals surface area contributed by atoms with Crippen LogP contribution in [0.3, 0.4) is 0 Å². The summed E-state index contributed by atoms with van der Waals surface area (Å²) in [4.78, 5) is 19.7. The first-order chi connectivity index (χ1) is 8.16. The Bertz CT molecular complexity index is 512. The highest BCUT2D eigenvalue weighted by atomic mass is 79.9. The highest BCUT2D eigenvalue weighted by Gasteiger charge is 2.11. The normalized spacial score (nSPS) is 12.1. The van der Waals surface area contributed by atoms with Crippen molar-refractivity contribution in [1.82, 2.24) is 9.97 Å². The van der Waals surface area contributed by atoms with Crippen molar-refractivity contribution >= 4 is 38.3 Å². The first-order valence-corrected chi connectivity index (χ1v) is 6.78. The van der Waals surface area contributed by atoms with E-state index in [1.165, 1.54) is 11.3 Å². The predicted octanol–water partition coefficient (Wildman–Crippen LogP) is 2.93. The van der Waals surface area contributed by atoms with Gasteiger partial charge in [-0.25, -0.2) is 4.98 Å². The lowest BCUT2D eigenvalue weighted by Gasteiger charge is -2.01. The Hall–Kier alpha value is -1.27. The average Bonchev–Trinajstić information content (AvgIpc) is 2.78. The van der Waals surface area contributed by atoms with Gasteiger partial charge in [-0.15, -0.1) is 11.3 Å². The van der Waals surface area contributed by atoms with Gasteiger partial charge in [0.1, 0.15) is 5.69 Å². The maximum Gasteiger partial charge on any atom is 0.239 e. The second-order valence-corrected chi connectivity index (χ2v) is 5.59. The van der Waals surface area contributed by atoms with E-state index in [4.69, 9.17) is 0 Å². The maximum absolute atomic E-state index is 11.5. The number of anilines is 1. The lowest BCUT2D eigenvalue weighted by atomic mass is 10.3. The second-order valence-electron chi connectivity index (χ2n) is 3.36. The summed E-state index contributed by atoms with van der Waals surface area (Å²) in [7, 11) is 0. The lowest BCUT2D eigenvalue weighted by molar-refractivity contribution is -0.115. The molecule has 6 heteroatoms. The third-order valence-electron chi connectivity index (χ3n) is 2.02. The molecule has 0 aliphatic rings. The Labute approximate surface area is 111 Å². The van der Waals surface area contributed by atoms with Gasteiger partial charge in [0.15, 0.2) is 5.13 Å². The molecule has 1 N–H and O–H groups in total. The molecule has 0 bridgehead atoms. The third kappa shape index (κ3) is 3.10. The number of carbonyl (C=O) groups excluding carboxylic acids is 1. The van der Waals surface area contributed by atoms with E-state index in [-0.39, 0.29) is 10.7 Å². The Balaban J connectivity index is 2.14. The maximum atomic E-state index is 11.5. The van der Waals surface area contributed by atoms with Crippen LogP contribution in [0.5, 0.6) is 0 Å². The molecule has 1 unspecified atom stereocenters. The van der Waals surface area contributed by atoms with Crippen molar-refractivity contribution < 1.29 is 4.79 Å². The Morgan fingerprint density at radius 2 is 2.29 bits per heavy atom. The summed E-state index contributed by atoms with van der Waals surface area (Å²) in [6.45, 7) is 1.77. The highest BCUT2D eigenvalue weighted by molar-refractivity contribution is 9.10. The summed E-state index contributed by atoms with van der Waals surface area (Å²) < 4.78 is 0. The number of carbonyl (C=O) groups is 1. The van der Waals surface area contributed by atoms with Gasteiger partial charge in [0.25, 0.3) is 0 Å². The third-order valence-corrected chi connectivity index (χ3v) is 3.20. The fraction of sp³-hybridized carbons (Fsp3) is 0.182. The molecule has 2 rings (SSSR count).